The van der Waals surface area contributed by atoms with Gasteiger partial charge in [-0.15, -0.1) is 0 Å². The van der Waals surface area contributed by atoms with Crippen molar-refractivity contribution in [1.29, 1.82) is 0 Å². The van der Waals surface area contributed by atoms with E-state index in [0.717, 1.165) is 0 Å². The summed E-state index contributed by atoms with van der Waals surface area (Å²) in [4.78, 5) is 8.24. The summed E-state index contributed by atoms with van der Waals surface area (Å²) in [5.74, 6) is 0. The number of rotatable bonds is 1. The summed E-state index contributed by atoms with van der Waals surface area (Å²) >= 11 is 0. The monoisotopic (exact) mass is 699 g/mol. The molecule has 0 spiro atoms. The number of anilines is 8. The van der Waals surface area contributed by atoms with E-state index < -0.39 is 0 Å². The lowest BCUT2D eigenvalue weighted by atomic mass is 9.33. The summed E-state index contributed by atoms with van der Waals surface area (Å²) in [6.45, 7) is 15.0. The Kier molecular flexibility index (Phi) is 5.71. The number of hydrogen-bond acceptors (Lipinski definition) is 3. The van der Waals surface area contributed by atoms with Gasteiger partial charge in [-0.1, -0.05) is 138 Å². The van der Waals surface area contributed by atoms with E-state index in [0.29, 0.717) is 0 Å². The van der Waals surface area contributed by atoms with E-state index in [1.54, 1.807) is 0 Å². The van der Waals surface area contributed by atoms with Crippen molar-refractivity contribution in [2.75, 3.05) is 14.7 Å². The van der Waals surface area contributed by atoms with Gasteiger partial charge in [0.05, 0.1) is 28.3 Å². The van der Waals surface area contributed by atoms with E-state index >= 15 is 0 Å². The van der Waals surface area contributed by atoms with Gasteiger partial charge in [-0.2, -0.15) is 0 Å². The molecular weight excluding hydrogens is 653 g/mol. The molecule has 0 radical (unpaired) electrons. The molecule has 1 saturated carbocycles. The lowest BCUT2D eigenvalue weighted by Gasteiger charge is -2.53. The Morgan fingerprint density at radius 1 is 0.463 bits per heavy atom. The van der Waals surface area contributed by atoms with Crippen LogP contribution < -0.4 is 31.1 Å². The van der Waals surface area contributed by atoms with Gasteiger partial charge in [0.25, 0.3) is 6.71 Å². The molecule has 0 amide bonds. The van der Waals surface area contributed by atoms with E-state index in [9.17, 15) is 0 Å². The zero-order chi connectivity index (χ0) is 36.5. The summed E-state index contributed by atoms with van der Waals surface area (Å²) in [6, 6.07) is 46.9. The number of hydrogen-bond donors (Lipinski definition) is 0. The van der Waals surface area contributed by atoms with Gasteiger partial charge in [-0.3, -0.25) is 0 Å². The first-order valence-corrected chi connectivity index (χ1v) is 20.2. The first kappa shape index (κ1) is 31.2. The van der Waals surface area contributed by atoms with Crippen LogP contribution in [0.1, 0.15) is 95.0 Å². The molecule has 2 atom stereocenters. The van der Waals surface area contributed by atoms with Gasteiger partial charge in [-0.25, -0.2) is 0 Å². The highest BCUT2D eigenvalue weighted by Crippen LogP contribution is 2.67. The predicted molar refractivity (Wildman–Crippen MR) is 228 cm³/mol. The van der Waals surface area contributed by atoms with Crippen LogP contribution in [0.3, 0.4) is 0 Å². The second kappa shape index (κ2) is 9.90. The molecule has 3 nitrogen and oxygen atoms in total. The molecule has 264 valence electrons. The average molecular weight is 700 g/mol. The highest BCUT2D eigenvalue weighted by atomic mass is 15.3. The molecule has 2 unspecified atom stereocenters. The van der Waals surface area contributed by atoms with Gasteiger partial charge >= 0.3 is 0 Å². The molecule has 6 aliphatic rings. The molecule has 0 N–H and O–H groups in total. The second-order valence-corrected chi connectivity index (χ2v) is 18.4. The minimum Gasteiger partial charge on any atom is -0.335 e. The van der Waals surface area contributed by atoms with Gasteiger partial charge in [0, 0.05) is 44.6 Å². The Balaban J connectivity index is 1.28. The van der Waals surface area contributed by atoms with Crippen molar-refractivity contribution in [3.63, 3.8) is 0 Å². The van der Waals surface area contributed by atoms with Gasteiger partial charge in [-0.05, 0) is 88.7 Å². The number of fused-ring (bicyclic) bond motifs is 12. The normalized spacial score (nSPS) is 23.7. The maximum Gasteiger partial charge on any atom is 0.252 e. The topological polar surface area (TPSA) is 9.72 Å². The van der Waals surface area contributed by atoms with E-state index in [-0.39, 0.29) is 28.5 Å². The Hall–Kier alpha value is -5.22. The minimum absolute atomic E-state index is 0.0618. The molecule has 0 saturated heterocycles. The van der Waals surface area contributed by atoms with Gasteiger partial charge in [0.15, 0.2) is 0 Å². The van der Waals surface area contributed by atoms with Crippen molar-refractivity contribution in [3.8, 4) is 0 Å². The Bertz CT molecular complexity index is 2600. The molecule has 1 aliphatic carbocycles. The van der Waals surface area contributed by atoms with Crippen LogP contribution in [0.4, 0.5) is 45.5 Å². The van der Waals surface area contributed by atoms with Crippen LogP contribution in [0.15, 0.2) is 121 Å². The van der Waals surface area contributed by atoms with E-state index in [4.69, 9.17) is 0 Å². The van der Waals surface area contributed by atoms with Crippen LogP contribution >= 0.6 is 0 Å². The van der Waals surface area contributed by atoms with Crippen LogP contribution in [0.5, 0.6) is 0 Å². The van der Waals surface area contributed by atoms with E-state index in [1.165, 1.54) is 115 Å². The molecule has 4 heteroatoms. The fourth-order valence-electron chi connectivity index (χ4n) is 12.6. The summed E-state index contributed by atoms with van der Waals surface area (Å²) in [7, 11) is 0. The number of benzene rings is 6. The van der Waals surface area contributed by atoms with Crippen molar-refractivity contribution < 1.29 is 0 Å². The van der Waals surface area contributed by atoms with Crippen LogP contribution in [-0.4, -0.2) is 12.3 Å². The standard InChI is InChI=1S/C50H46BN3/c1-47(2)31-18-7-11-24-37(31)52(38-25-12-8-19-32(38)47)41-30-42-44-46-43(41)49(5)28-15-16-29-50(49,6)54(46)40-27-14-10-22-35(40)51(44)36-23-17-21-34-45(36)53(42)39-26-13-9-20-33(39)48(34,3)4/h7-14,17-27,30H,15-16,28-29H2,1-6H3. The zero-order valence-electron chi connectivity index (χ0n) is 32.3. The van der Waals surface area contributed by atoms with Crippen molar-refractivity contribution in [2.24, 2.45) is 0 Å². The molecule has 6 aromatic rings. The van der Waals surface area contributed by atoms with E-state index in [2.05, 4.69) is 178 Å². The SMILES string of the molecule is CC1(C)c2ccccc2N(c2cc3c4c5c2C2(C)CCCCC2(C)N5c2ccccc2B4c2cccc4c2N3c2ccccc2C4(C)C)c2ccccc21. The van der Waals surface area contributed by atoms with Crippen LogP contribution in [0.2, 0.25) is 0 Å². The Labute approximate surface area is 320 Å². The number of para-hydroxylation sites is 5. The van der Waals surface area contributed by atoms with Gasteiger partial charge < -0.3 is 14.7 Å². The average Bonchev–Trinajstić information content (AvgIpc) is 3.41. The van der Waals surface area contributed by atoms with Gasteiger partial charge in [0.2, 0.25) is 0 Å². The lowest BCUT2D eigenvalue weighted by molar-refractivity contribution is 0.195. The maximum absolute atomic E-state index is 2.87. The molecule has 0 aromatic heterocycles. The Morgan fingerprint density at radius 3 is 1.65 bits per heavy atom. The highest BCUT2D eigenvalue weighted by Gasteiger charge is 2.63. The fraction of sp³-hybridized carbons (Fsp3) is 0.280. The Morgan fingerprint density at radius 2 is 0.981 bits per heavy atom. The second-order valence-electron chi connectivity index (χ2n) is 18.4. The van der Waals surface area contributed by atoms with Crippen molar-refractivity contribution >= 4 is 68.6 Å². The molecule has 5 aliphatic heterocycles. The third-order valence-corrected chi connectivity index (χ3v) is 15.3. The number of nitrogens with zero attached hydrogens (tertiary/aromatic N) is 3. The van der Waals surface area contributed by atoms with Gasteiger partial charge in [0.1, 0.15) is 0 Å². The van der Waals surface area contributed by atoms with Crippen LogP contribution in [0, 0.1) is 0 Å². The summed E-state index contributed by atoms with van der Waals surface area (Å²) < 4.78 is 0. The lowest BCUT2D eigenvalue weighted by Crippen LogP contribution is -2.64. The zero-order valence-corrected chi connectivity index (χ0v) is 32.3. The largest absolute Gasteiger partial charge is 0.335 e. The van der Waals surface area contributed by atoms with Crippen LogP contribution in [0.25, 0.3) is 0 Å². The maximum atomic E-state index is 2.87. The molecule has 54 heavy (non-hydrogen) atoms. The quantitative estimate of drug-likeness (QED) is 0.158. The molecule has 1 fully saturated rings. The summed E-state index contributed by atoms with van der Waals surface area (Å²) in [5.41, 5.74) is 21.9. The molecular formula is C50H46BN3. The third kappa shape index (κ3) is 3.36. The third-order valence-electron chi connectivity index (χ3n) is 15.3. The molecule has 0 bridgehead atoms. The fourth-order valence-corrected chi connectivity index (χ4v) is 12.6. The molecule has 6 aromatic carbocycles. The van der Waals surface area contributed by atoms with E-state index in [1.807, 2.05) is 0 Å². The molecule has 12 rings (SSSR count). The molecule has 5 heterocycles. The summed E-state index contributed by atoms with van der Waals surface area (Å²) in [6.07, 6.45) is 4.86. The highest BCUT2D eigenvalue weighted by molar-refractivity contribution is 7.00. The smallest absolute Gasteiger partial charge is 0.252 e. The van der Waals surface area contributed by atoms with Crippen molar-refractivity contribution in [2.45, 2.75) is 89.0 Å². The first-order valence-electron chi connectivity index (χ1n) is 20.2. The minimum atomic E-state index is -0.137. The summed E-state index contributed by atoms with van der Waals surface area (Å²) in [5, 5.41) is 0. The predicted octanol–water partition coefficient (Wildman–Crippen LogP) is 10.8. The van der Waals surface area contributed by atoms with Crippen LogP contribution in [-0.2, 0) is 16.2 Å². The van der Waals surface area contributed by atoms with Crippen molar-refractivity contribution in [1.82, 2.24) is 0 Å². The first-order chi connectivity index (χ1) is 26.1. The van der Waals surface area contributed by atoms with Crippen molar-refractivity contribution in [3.05, 3.63) is 149 Å².